The molecular formula is C36H43N4O4Si+. The molecule has 5 rings (SSSR count). The van der Waals surface area contributed by atoms with Crippen LogP contribution in [0.3, 0.4) is 0 Å². The Balaban J connectivity index is 1.48. The maximum Gasteiger partial charge on any atom is 0.333 e. The zero-order valence-corrected chi connectivity index (χ0v) is 28.4. The van der Waals surface area contributed by atoms with E-state index < -0.39 is 14.0 Å². The Bertz CT molecular complexity index is 1710. The third-order valence-corrected chi connectivity index (χ3v) is 12.4. The quantitative estimate of drug-likeness (QED) is 0.316. The minimum Gasteiger partial charge on any atom is -0.378 e. The number of hydroxylamine groups is 2. The lowest BCUT2D eigenvalue weighted by Gasteiger charge is -2.38. The molecule has 0 radical (unpaired) electrons. The minimum atomic E-state index is -2.12. The van der Waals surface area contributed by atoms with Gasteiger partial charge in [-0.1, -0.05) is 43.9 Å². The highest BCUT2D eigenvalue weighted by molar-refractivity contribution is 6.98. The van der Waals surface area contributed by atoms with Gasteiger partial charge in [0, 0.05) is 63.9 Å². The maximum absolute atomic E-state index is 14.0. The van der Waals surface area contributed by atoms with Gasteiger partial charge in [0.05, 0.1) is 5.70 Å². The molecule has 0 spiro atoms. The molecule has 0 aromatic heterocycles. The fourth-order valence-corrected chi connectivity index (χ4v) is 9.29. The predicted octanol–water partition coefficient (Wildman–Crippen LogP) is 4.68. The second kappa shape index (κ2) is 12.5. The van der Waals surface area contributed by atoms with Crippen LogP contribution in [0.2, 0.25) is 13.1 Å². The Labute approximate surface area is 267 Å². The van der Waals surface area contributed by atoms with Crippen molar-refractivity contribution in [3.63, 3.8) is 0 Å². The number of amides is 2. The monoisotopic (exact) mass is 623 g/mol. The average molecular weight is 624 g/mol. The number of allylic oxidation sites excluding steroid dienone is 6. The van der Waals surface area contributed by atoms with Crippen molar-refractivity contribution in [3.8, 4) is 0 Å². The normalized spacial score (nSPS) is 16.7. The van der Waals surface area contributed by atoms with E-state index in [0.717, 1.165) is 27.6 Å². The standard InChI is InChI=1S/C36H43N4O4Si/c1-24-15-20-33(41)40(24)44-34(42)14-11-21-39(6)36(43)28-13-10-9-12-27(28)35-29-18-16-25(37(2)3)22-31(29)45(7,8)32-23-26(38(4)5)17-19-30(32)35/h9-10,12-13,16-19,22-23H,1,11,14-15,20-21H2,2-8H3/q+1. The Morgan fingerprint density at radius 3 is 2.42 bits per heavy atom. The van der Waals surface area contributed by atoms with E-state index in [1.165, 1.54) is 21.5 Å². The molecule has 3 aliphatic rings. The highest BCUT2D eigenvalue weighted by Crippen LogP contribution is 2.42. The fourth-order valence-electron chi connectivity index (χ4n) is 6.22. The van der Waals surface area contributed by atoms with E-state index >= 15 is 0 Å². The van der Waals surface area contributed by atoms with Gasteiger partial charge in [-0.15, -0.1) is 5.06 Å². The van der Waals surface area contributed by atoms with Crippen LogP contribution >= 0.6 is 0 Å². The summed E-state index contributed by atoms with van der Waals surface area (Å²) in [6.07, 6.45) is 7.97. The molecule has 1 aliphatic carbocycles. The molecule has 0 bridgehead atoms. The van der Waals surface area contributed by atoms with Gasteiger partial charge in [0.1, 0.15) is 22.2 Å². The smallest absolute Gasteiger partial charge is 0.333 e. The molecule has 0 N–H and O–H groups in total. The van der Waals surface area contributed by atoms with E-state index in [4.69, 9.17) is 4.84 Å². The van der Waals surface area contributed by atoms with Crippen LogP contribution in [0.25, 0.3) is 5.57 Å². The van der Waals surface area contributed by atoms with Crippen LogP contribution in [0.15, 0.2) is 83.7 Å². The summed E-state index contributed by atoms with van der Waals surface area (Å²) in [5.74, 6) is -0.892. The van der Waals surface area contributed by atoms with Crippen LogP contribution in [0, 0.1) is 0 Å². The average Bonchev–Trinajstić information content (AvgIpc) is 3.32. The molecule has 0 unspecified atom stereocenters. The molecule has 2 aromatic carbocycles. The Hall–Kier alpha value is -4.50. The lowest BCUT2D eigenvalue weighted by atomic mass is 9.87. The van der Waals surface area contributed by atoms with Gasteiger partial charge >= 0.3 is 5.97 Å². The molecule has 45 heavy (non-hydrogen) atoms. The first-order valence-corrected chi connectivity index (χ1v) is 18.4. The van der Waals surface area contributed by atoms with Gasteiger partial charge in [-0.25, -0.2) is 9.37 Å². The van der Waals surface area contributed by atoms with Crippen LogP contribution in [0.4, 0.5) is 5.69 Å². The second-order valence-corrected chi connectivity index (χ2v) is 17.2. The first-order chi connectivity index (χ1) is 21.3. The van der Waals surface area contributed by atoms with Crippen LogP contribution in [-0.4, -0.2) is 87.9 Å². The molecule has 2 amide bonds. The van der Waals surface area contributed by atoms with Gasteiger partial charge in [-0.05, 0) is 69.8 Å². The van der Waals surface area contributed by atoms with Gasteiger partial charge in [0.25, 0.3) is 11.8 Å². The zero-order valence-electron chi connectivity index (χ0n) is 27.4. The molecule has 1 saturated heterocycles. The molecule has 0 atom stereocenters. The number of fused-ring (bicyclic) bond motifs is 2. The van der Waals surface area contributed by atoms with Gasteiger partial charge in [-0.2, -0.15) is 0 Å². The van der Waals surface area contributed by atoms with Crippen molar-refractivity contribution in [2.45, 2.75) is 38.8 Å². The summed E-state index contributed by atoms with van der Waals surface area (Å²) < 4.78 is 2.14. The van der Waals surface area contributed by atoms with E-state index in [1.807, 2.05) is 24.3 Å². The molecule has 234 valence electrons. The van der Waals surface area contributed by atoms with Crippen molar-refractivity contribution in [2.75, 3.05) is 46.7 Å². The summed E-state index contributed by atoms with van der Waals surface area (Å²) >= 11 is 0. The number of benzene rings is 2. The van der Waals surface area contributed by atoms with E-state index in [0.29, 0.717) is 37.1 Å². The highest BCUT2D eigenvalue weighted by atomic mass is 28.3. The summed E-state index contributed by atoms with van der Waals surface area (Å²) in [7, 11) is 7.89. The summed E-state index contributed by atoms with van der Waals surface area (Å²) in [5, 5.41) is 3.69. The number of rotatable bonds is 8. The van der Waals surface area contributed by atoms with Crippen LogP contribution in [0.1, 0.15) is 47.2 Å². The lowest BCUT2D eigenvalue weighted by molar-refractivity contribution is -0.462. The Morgan fingerprint density at radius 1 is 1.02 bits per heavy atom. The van der Waals surface area contributed by atoms with E-state index in [2.05, 4.69) is 93.8 Å². The fraction of sp³-hybridized carbons (Fsp3) is 0.333. The molecule has 8 nitrogen and oxygen atoms in total. The molecule has 2 heterocycles. The number of carbonyl (C=O) groups is 3. The first-order valence-electron chi connectivity index (χ1n) is 15.4. The van der Waals surface area contributed by atoms with Gasteiger partial charge < -0.3 is 14.6 Å². The third-order valence-electron chi connectivity index (χ3n) is 8.91. The molecule has 2 aromatic rings. The topological polar surface area (TPSA) is 73.2 Å². The Kier molecular flexibility index (Phi) is 8.85. The minimum absolute atomic E-state index is 0.0799. The first kappa shape index (κ1) is 31.9. The molecular weight excluding hydrogens is 581 g/mol. The number of hydrogen-bond donors (Lipinski definition) is 0. The van der Waals surface area contributed by atoms with Crippen molar-refractivity contribution in [3.05, 3.63) is 100 Å². The summed E-state index contributed by atoms with van der Waals surface area (Å²) in [6, 6.07) is 14.5. The molecule has 2 aliphatic heterocycles. The van der Waals surface area contributed by atoms with Crippen molar-refractivity contribution >= 4 is 48.0 Å². The zero-order chi connectivity index (χ0) is 32.6. The van der Waals surface area contributed by atoms with Crippen molar-refractivity contribution < 1.29 is 23.8 Å². The van der Waals surface area contributed by atoms with E-state index in [-0.39, 0.29) is 18.2 Å². The van der Waals surface area contributed by atoms with Gasteiger partial charge in [0.15, 0.2) is 5.71 Å². The summed E-state index contributed by atoms with van der Waals surface area (Å²) in [5.41, 5.74) is 7.72. The number of carbonyl (C=O) groups excluding carboxylic acids is 3. The number of anilines is 1. The lowest BCUT2D eigenvalue weighted by Crippen LogP contribution is -2.49. The van der Waals surface area contributed by atoms with Crippen molar-refractivity contribution in [1.82, 2.24) is 9.96 Å². The van der Waals surface area contributed by atoms with Gasteiger partial charge in [-0.3, -0.25) is 9.59 Å². The number of nitrogens with zero attached hydrogens (tertiary/aromatic N) is 4. The SMILES string of the molecule is C=C1CCC(=O)N1OC(=O)CCCN(C)C(=O)c1ccccc1C1=C2C=CC(=[N+](C)C)C=C2[Si](C)(C)c2cc(N(C)C)ccc21. The molecule has 9 heteroatoms. The van der Waals surface area contributed by atoms with Gasteiger partial charge in [0.2, 0.25) is 0 Å². The maximum atomic E-state index is 14.0. The molecule has 1 fully saturated rings. The van der Waals surface area contributed by atoms with Crippen LogP contribution in [0.5, 0.6) is 0 Å². The largest absolute Gasteiger partial charge is 0.378 e. The summed E-state index contributed by atoms with van der Waals surface area (Å²) in [6.45, 7) is 8.96. The summed E-state index contributed by atoms with van der Waals surface area (Å²) in [4.78, 5) is 47.4. The van der Waals surface area contributed by atoms with E-state index in [1.54, 1.807) is 11.9 Å². The van der Waals surface area contributed by atoms with Crippen LogP contribution < -0.4 is 10.1 Å². The Morgan fingerprint density at radius 2 is 1.76 bits per heavy atom. The predicted molar refractivity (Wildman–Crippen MR) is 182 cm³/mol. The van der Waals surface area contributed by atoms with Crippen molar-refractivity contribution in [2.24, 2.45) is 0 Å². The highest BCUT2D eigenvalue weighted by Gasteiger charge is 2.41. The number of hydrogen-bond acceptors (Lipinski definition) is 5. The van der Waals surface area contributed by atoms with Crippen LogP contribution in [-0.2, 0) is 14.4 Å². The van der Waals surface area contributed by atoms with E-state index in [9.17, 15) is 14.4 Å². The molecule has 0 saturated carbocycles. The van der Waals surface area contributed by atoms with Crippen molar-refractivity contribution in [1.29, 1.82) is 0 Å². The third kappa shape index (κ3) is 6.09. The second-order valence-electron chi connectivity index (χ2n) is 12.8.